The molecule has 0 bridgehead atoms. The van der Waals surface area contributed by atoms with E-state index in [9.17, 15) is 18.0 Å². The summed E-state index contributed by atoms with van der Waals surface area (Å²) in [6.45, 7) is 1.40. The fourth-order valence-electron chi connectivity index (χ4n) is 2.75. The fourth-order valence-corrected chi connectivity index (χ4v) is 3.82. The number of thiophene rings is 1. The van der Waals surface area contributed by atoms with Crippen LogP contribution in [0.4, 0.5) is 18.2 Å². The number of halogens is 3. The summed E-state index contributed by atoms with van der Waals surface area (Å²) in [5.41, 5.74) is 1.08. The second-order valence-corrected chi connectivity index (χ2v) is 7.29. The smallest absolute Gasteiger partial charge is 0.405 e. The number of carbonyl (C=O) groups excluding carboxylic acids is 1. The Bertz CT molecular complexity index is 774. The molecule has 152 valence electrons. The summed E-state index contributed by atoms with van der Waals surface area (Å²) in [7, 11) is 0. The Hall–Kier alpha value is -2.26. The van der Waals surface area contributed by atoms with E-state index in [2.05, 4.69) is 0 Å². The lowest BCUT2D eigenvalue weighted by Crippen LogP contribution is -2.35. The number of nitrogens with one attached hydrogen (secondary N) is 1. The third-order valence-corrected chi connectivity index (χ3v) is 5.33. The van der Waals surface area contributed by atoms with E-state index in [0.717, 1.165) is 21.9 Å². The summed E-state index contributed by atoms with van der Waals surface area (Å²) in [5.74, 6) is -0.473. The van der Waals surface area contributed by atoms with Crippen LogP contribution in [0.3, 0.4) is 0 Å². The van der Waals surface area contributed by atoms with Crippen LogP contribution in [0.2, 0.25) is 0 Å². The molecule has 0 saturated carbocycles. The number of anilines is 1. The maximum atomic E-state index is 12.5. The highest BCUT2D eigenvalue weighted by Crippen LogP contribution is 2.36. The molecule has 0 unspecified atom stereocenters. The number of alkyl halides is 3. The molecule has 3 rings (SSSR count). The van der Waals surface area contributed by atoms with Gasteiger partial charge in [0.25, 0.3) is 5.91 Å². The van der Waals surface area contributed by atoms with Gasteiger partial charge >= 0.3 is 6.18 Å². The van der Waals surface area contributed by atoms with Crippen molar-refractivity contribution in [2.45, 2.75) is 12.6 Å². The zero-order valence-electron chi connectivity index (χ0n) is 15.1. The Morgan fingerprint density at radius 2 is 1.93 bits per heavy atom. The van der Waals surface area contributed by atoms with E-state index in [1.807, 2.05) is 40.5 Å². The lowest BCUT2D eigenvalue weighted by molar-refractivity contribution is -0.123. The average Bonchev–Trinajstić information content (AvgIpc) is 3.11. The minimum atomic E-state index is -4.46. The van der Waals surface area contributed by atoms with E-state index in [-0.39, 0.29) is 4.88 Å². The molecule has 1 aromatic carbocycles. The van der Waals surface area contributed by atoms with Crippen LogP contribution in [0, 0.1) is 0 Å². The Morgan fingerprint density at radius 3 is 2.61 bits per heavy atom. The Kier molecular flexibility index (Phi) is 6.79. The predicted molar refractivity (Wildman–Crippen MR) is 101 cm³/mol. The predicted octanol–water partition coefficient (Wildman–Crippen LogP) is 3.50. The summed E-state index contributed by atoms with van der Waals surface area (Å²) < 4.78 is 48.5. The Labute approximate surface area is 165 Å². The van der Waals surface area contributed by atoms with E-state index in [0.29, 0.717) is 45.1 Å². The molecule has 0 aliphatic carbocycles. The summed E-state index contributed by atoms with van der Waals surface area (Å²) >= 11 is 1.14. The van der Waals surface area contributed by atoms with Crippen LogP contribution in [0.5, 0.6) is 5.75 Å². The highest BCUT2D eigenvalue weighted by molar-refractivity contribution is 7.18. The second-order valence-electron chi connectivity index (χ2n) is 6.26. The molecule has 0 spiro atoms. The fraction of sp³-hybridized carbons (Fsp3) is 0.421. The molecule has 0 atom stereocenters. The van der Waals surface area contributed by atoms with Gasteiger partial charge in [0.2, 0.25) is 0 Å². The molecule has 0 radical (unpaired) electrons. The van der Waals surface area contributed by atoms with E-state index in [1.165, 1.54) is 0 Å². The number of amides is 1. The number of nitrogens with zero attached hydrogens (tertiary/aromatic N) is 1. The molecule has 1 N–H and O–H groups in total. The number of hydrogen-bond acceptors (Lipinski definition) is 5. The lowest BCUT2D eigenvalue weighted by atomic mass is 10.2. The molecule has 1 fully saturated rings. The van der Waals surface area contributed by atoms with Crippen molar-refractivity contribution in [1.29, 1.82) is 0 Å². The molecular formula is C19H21F3N2O3S. The van der Waals surface area contributed by atoms with Gasteiger partial charge in [0.1, 0.15) is 17.2 Å². The van der Waals surface area contributed by atoms with Crippen LogP contribution in [0.1, 0.15) is 15.2 Å². The van der Waals surface area contributed by atoms with Crippen LogP contribution >= 0.6 is 11.3 Å². The summed E-state index contributed by atoms with van der Waals surface area (Å²) in [6.07, 6.45) is -3.83. The van der Waals surface area contributed by atoms with Gasteiger partial charge in [-0.3, -0.25) is 4.79 Å². The first-order valence-electron chi connectivity index (χ1n) is 8.90. The summed E-state index contributed by atoms with van der Waals surface area (Å²) in [5, 5.41) is 2.71. The molecule has 2 aromatic rings. The second kappa shape index (κ2) is 9.29. The van der Waals surface area contributed by atoms with Crippen molar-refractivity contribution in [3.05, 3.63) is 46.8 Å². The van der Waals surface area contributed by atoms with Crippen LogP contribution in [-0.2, 0) is 11.2 Å². The first kappa shape index (κ1) is 20.5. The van der Waals surface area contributed by atoms with Crippen LogP contribution in [0.25, 0.3) is 0 Å². The molecule has 1 aliphatic rings. The first-order chi connectivity index (χ1) is 13.4. The van der Waals surface area contributed by atoms with Gasteiger partial charge in [-0.1, -0.05) is 30.3 Å². The monoisotopic (exact) mass is 414 g/mol. The Morgan fingerprint density at radius 1 is 1.21 bits per heavy atom. The zero-order valence-corrected chi connectivity index (χ0v) is 15.9. The van der Waals surface area contributed by atoms with Crippen LogP contribution in [0.15, 0.2) is 36.4 Å². The number of carbonyl (C=O) groups is 1. The molecule has 1 amide bonds. The van der Waals surface area contributed by atoms with E-state index in [4.69, 9.17) is 9.47 Å². The van der Waals surface area contributed by atoms with E-state index >= 15 is 0 Å². The van der Waals surface area contributed by atoms with Crippen molar-refractivity contribution >= 4 is 22.2 Å². The molecular weight excluding hydrogens is 393 g/mol. The van der Waals surface area contributed by atoms with Crippen LogP contribution < -0.4 is 15.0 Å². The van der Waals surface area contributed by atoms with Gasteiger partial charge in [-0.05, 0) is 5.56 Å². The van der Waals surface area contributed by atoms with Crippen molar-refractivity contribution in [2.24, 2.45) is 0 Å². The van der Waals surface area contributed by atoms with Gasteiger partial charge in [0, 0.05) is 25.6 Å². The largest absolute Gasteiger partial charge is 0.491 e. The topological polar surface area (TPSA) is 50.8 Å². The zero-order chi connectivity index (χ0) is 20.0. The number of rotatable bonds is 7. The van der Waals surface area contributed by atoms with Crippen LogP contribution in [-0.4, -0.2) is 51.5 Å². The van der Waals surface area contributed by atoms with Gasteiger partial charge in [0.05, 0.1) is 24.8 Å². The average molecular weight is 414 g/mol. The van der Waals surface area contributed by atoms with E-state index < -0.39 is 18.6 Å². The highest BCUT2D eigenvalue weighted by atomic mass is 32.1. The van der Waals surface area contributed by atoms with Crippen molar-refractivity contribution in [1.82, 2.24) is 5.32 Å². The molecule has 1 saturated heterocycles. The van der Waals surface area contributed by atoms with E-state index in [1.54, 1.807) is 6.07 Å². The molecule has 2 heterocycles. The third kappa shape index (κ3) is 5.87. The number of hydrogen-bond donors (Lipinski definition) is 1. The lowest BCUT2D eigenvalue weighted by Gasteiger charge is -2.27. The summed E-state index contributed by atoms with van der Waals surface area (Å²) in [4.78, 5) is 14.5. The summed E-state index contributed by atoms with van der Waals surface area (Å²) in [6, 6.07) is 11.4. The normalized spacial score (nSPS) is 14.8. The SMILES string of the molecule is O=C(NCC(F)(F)F)c1sc(N2CCOCC2)cc1OCCc1ccccc1. The van der Waals surface area contributed by atoms with Crippen molar-refractivity contribution in [2.75, 3.05) is 44.4 Å². The van der Waals surface area contributed by atoms with Gasteiger partial charge in [-0.25, -0.2) is 0 Å². The van der Waals surface area contributed by atoms with Crippen molar-refractivity contribution in [3.63, 3.8) is 0 Å². The molecule has 5 nitrogen and oxygen atoms in total. The molecule has 1 aliphatic heterocycles. The maximum absolute atomic E-state index is 12.5. The van der Waals surface area contributed by atoms with Gasteiger partial charge in [-0.15, -0.1) is 11.3 Å². The number of ether oxygens (including phenoxy) is 2. The minimum absolute atomic E-state index is 0.152. The van der Waals surface area contributed by atoms with Crippen molar-refractivity contribution in [3.8, 4) is 5.75 Å². The molecule has 28 heavy (non-hydrogen) atoms. The first-order valence-corrected chi connectivity index (χ1v) is 9.72. The third-order valence-electron chi connectivity index (χ3n) is 4.15. The van der Waals surface area contributed by atoms with Crippen molar-refractivity contribution < 1.29 is 27.4 Å². The van der Waals surface area contributed by atoms with Gasteiger partial charge in [0.15, 0.2) is 0 Å². The quantitative estimate of drug-likeness (QED) is 0.754. The molecule has 1 aromatic heterocycles. The highest BCUT2D eigenvalue weighted by Gasteiger charge is 2.29. The standard InChI is InChI=1S/C19H21F3N2O3S/c20-19(21,22)13-23-18(25)17-15(27-9-6-14-4-2-1-3-5-14)12-16(28-17)24-7-10-26-11-8-24/h1-5,12H,6-11,13H2,(H,23,25). The Balaban J connectivity index is 1.71. The van der Waals surface area contributed by atoms with Gasteiger partial charge < -0.3 is 19.7 Å². The molecule has 9 heteroatoms. The minimum Gasteiger partial charge on any atom is -0.491 e. The van der Waals surface area contributed by atoms with Gasteiger partial charge in [-0.2, -0.15) is 13.2 Å². The number of benzene rings is 1. The number of morpholine rings is 1. The maximum Gasteiger partial charge on any atom is 0.405 e.